The SMILES string of the molecule is Cc1ccc(N)c(S(=O)Cc2cc(C(N)=O)ccc2F)c1. The maximum absolute atomic E-state index is 13.8. The molecule has 2 rings (SSSR count). The minimum Gasteiger partial charge on any atom is -0.398 e. The number of hydrogen-bond acceptors (Lipinski definition) is 3. The Labute approximate surface area is 124 Å². The van der Waals surface area contributed by atoms with E-state index < -0.39 is 22.5 Å². The molecule has 0 aliphatic rings. The van der Waals surface area contributed by atoms with E-state index in [-0.39, 0.29) is 16.9 Å². The second-order valence-corrected chi connectivity index (χ2v) is 6.12. The zero-order valence-corrected chi connectivity index (χ0v) is 12.2. The van der Waals surface area contributed by atoms with Gasteiger partial charge in [0, 0.05) is 16.8 Å². The fraction of sp³-hybridized carbons (Fsp3) is 0.133. The lowest BCUT2D eigenvalue weighted by atomic mass is 10.1. The summed E-state index contributed by atoms with van der Waals surface area (Å²) in [7, 11) is -1.51. The van der Waals surface area contributed by atoms with Crippen molar-refractivity contribution in [1.82, 2.24) is 0 Å². The van der Waals surface area contributed by atoms with Crippen LogP contribution in [0.1, 0.15) is 21.5 Å². The van der Waals surface area contributed by atoms with E-state index in [9.17, 15) is 13.4 Å². The van der Waals surface area contributed by atoms with Gasteiger partial charge in [0.05, 0.1) is 21.4 Å². The summed E-state index contributed by atoms with van der Waals surface area (Å²) in [5.74, 6) is -1.25. The highest BCUT2D eigenvalue weighted by Gasteiger charge is 2.14. The second-order valence-electron chi connectivity index (χ2n) is 4.70. The quantitative estimate of drug-likeness (QED) is 0.848. The van der Waals surface area contributed by atoms with Crippen molar-refractivity contribution in [2.24, 2.45) is 5.73 Å². The van der Waals surface area contributed by atoms with Gasteiger partial charge in [-0.1, -0.05) is 6.07 Å². The van der Waals surface area contributed by atoms with Crippen LogP contribution in [-0.2, 0) is 16.6 Å². The Hall–Kier alpha value is -2.21. The number of amides is 1. The second kappa shape index (κ2) is 6.05. The molecule has 1 atom stereocenters. The molecule has 0 spiro atoms. The van der Waals surface area contributed by atoms with Crippen LogP contribution in [0.15, 0.2) is 41.3 Å². The molecule has 0 aliphatic heterocycles. The van der Waals surface area contributed by atoms with Crippen molar-refractivity contribution >= 4 is 22.4 Å². The zero-order chi connectivity index (χ0) is 15.6. The molecule has 0 heterocycles. The Kier molecular flexibility index (Phi) is 4.37. The lowest BCUT2D eigenvalue weighted by molar-refractivity contribution is 0.1000. The van der Waals surface area contributed by atoms with Crippen molar-refractivity contribution in [3.8, 4) is 0 Å². The van der Waals surface area contributed by atoms with Crippen molar-refractivity contribution in [2.75, 3.05) is 5.73 Å². The first-order valence-electron chi connectivity index (χ1n) is 6.21. The number of primary amides is 1. The fourth-order valence-electron chi connectivity index (χ4n) is 1.90. The van der Waals surface area contributed by atoms with Gasteiger partial charge in [0.2, 0.25) is 5.91 Å². The van der Waals surface area contributed by atoms with Gasteiger partial charge in [-0.05, 0) is 42.8 Å². The van der Waals surface area contributed by atoms with E-state index in [1.807, 2.05) is 13.0 Å². The van der Waals surface area contributed by atoms with E-state index in [1.165, 1.54) is 12.1 Å². The largest absolute Gasteiger partial charge is 0.398 e. The zero-order valence-electron chi connectivity index (χ0n) is 11.4. The molecule has 6 heteroatoms. The van der Waals surface area contributed by atoms with Gasteiger partial charge in [-0.3, -0.25) is 9.00 Å². The van der Waals surface area contributed by atoms with Gasteiger partial charge in [0.15, 0.2) is 0 Å². The molecule has 0 aliphatic carbocycles. The molecule has 0 saturated carbocycles. The van der Waals surface area contributed by atoms with Gasteiger partial charge in [-0.2, -0.15) is 0 Å². The predicted molar refractivity (Wildman–Crippen MR) is 80.6 cm³/mol. The van der Waals surface area contributed by atoms with Crippen LogP contribution in [0.25, 0.3) is 0 Å². The molecule has 4 N–H and O–H groups in total. The molecular formula is C15H15FN2O2S. The molecule has 0 fully saturated rings. The van der Waals surface area contributed by atoms with Crippen LogP contribution in [-0.4, -0.2) is 10.1 Å². The van der Waals surface area contributed by atoms with Crippen LogP contribution in [0.5, 0.6) is 0 Å². The van der Waals surface area contributed by atoms with E-state index in [2.05, 4.69) is 0 Å². The molecule has 0 bridgehead atoms. The average molecular weight is 306 g/mol. The van der Waals surface area contributed by atoms with E-state index in [4.69, 9.17) is 11.5 Å². The number of hydrogen-bond donors (Lipinski definition) is 2. The van der Waals surface area contributed by atoms with Crippen molar-refractivity contribution in [3.63, 3.8) is 0 Å². The third kappa shape index (κ3) is 3.46. The first-order chi connectivity index (χ1) is 9.88. The maximum Gasteiger partial charge on any atom is 0.248 e. The summed E-state index contributed by atoms with van der Waals surface area (Å²) in [5, 5.41) is 0. The highest BCUT2D eigenvalue weighted by molar-refractivity contribution is 7.84. The number of benzene rings is 2. The number of rotatable bonds is 4. The Morgan fingerprint density at radius 3 is 2.62 bits per heavy atom. The van der Waals surface area contributed by atoms with Crippen LogP contribution >= 0.6 is 0 Å². The fourth-order valence-corrected chi connectivity index (χ4v) is 3.20. The van der Waals surface area contributed by atoms with E-state index in [0.717, 1.165) is 11.6 Å². The molecule has 21 heavy (non-hydrogen) atoms. The van der Waals surface area contributed by atoms with E-state index in [1.54, 1.807) is 12.1 Å². The number of carbonyl (C=O) groups is 1. The smallest absolute Gasteiger partial charge is 0.248 e. The summed E-state index contributed by atoms with van der Waals surface area (Å²) < 4.78 is 26.1. The van der Waals surface area contributed by atoms with E-state index >= 15 is 0 Å². The number of anilines is 1. The van der Waals surface area contributed by atoms with Crippen LogP contribution in [0.4, 0.5) is 10.1 Å². The Morgan fingerprint density at radius 2 is 1.95 bits per heavy atom. The van der Waals surface area contributed by atoms with E-state index in [0.29, 0.717) is 10.6 Å². The van der Waals surface area contributed by atoms with Crippen molar-refractivity contribution < 1.29 is 13.4 Å². The normalized spacial score (nSPS) is 12.1. The number of carbonyl (C=O) groups excluding carboxylic acids is 1. The molecular weight excluding hydrogens is 291 g/mol. The monoisotopic (exact) mass is 306 g/mol. The standard InChI is InChI=1S/C15H15FN2O2S/c1-9-2-5-13(17)14(6-9)21(20)8-11-7-10(15(18)19)3-4-12(11)16/h2-7H,8,17H2,1H3,(H2,18,19). The van der Waals surface area contributed by atoms with Crippen LogP contribution in [0, 0.1) is 12.7 Å². The topological polar surface area (TPSA) is 86.2 Å². The number of aryl methyl sites for hydroxylation is 1. The minimum atomic E-state index is -1.51. The van der Waals surface area contributed by atoms with Gasteiger partial charge in [0.1, 0.15) is 5.82 Å². The first-order valence-corrected chi connectivity index (χ1v) is 7.53. The maximum atomic E-state index is 13.8. The van der Waals surface area contributed by atoms with Gasteiger partial charge < -0.3 is 11.5 Å². The molecule has 110 valence electrons. The molecule has 0 saturated heterocycles. The van der Waals surface area contributed by atoms with Crippen molar-refractivity contribution in [2.45, 2.75) is 17.6 Å². The van der Waals surface area contributed by atoms with Gasteiger partial charge in [-0.25, -0.2) is 4.39 Å². The minimum absolute atomic E-state index is 0.0688. The highest BCUT2D eigenvalue weighted by Crippen LogP contribution is 2.22. The van der Waals surface area contributed by atoms with Crippen molar-refractivity contribution in [3.05, 3.63) is 58.9 Å². The molecule has 2 aromatic rings. The highest BCUT2D eigenvalue weighted by atomic mass is 32.2. The van der Waals surface area contributed by atoms with Crippen LogP contribution < -0.4 is 11.5 Å². The van der Waals surface area contributed by atoms with Gasteiger partial charge in [-0.15, -0.1) is 0 Å². The summed E-state index contributed by atoms with van der Waals surface area (Å²) in [6, 6.07) is 8.95. The molecule has 4 nitrogen and oxygen atoms in total. The lowest BCUT2D eigenvalue weighted by Crippen LogP contribution is -2.12. The third-order valence-corrected chi connectivity index (χ3v) is 4.45. The summed E-state index contributed by atoms with van der Waals surface area (Å²) >= 11 is 0. The number of nitrogens with two attached hydrogens (primary N) is 2. The average Bonchev–Trinajstić information content (AvgIpc) is 2.43. The lowest BCUT2D eigenvalue weighted by Gasteiger charge is -2.08. The first kappa shape index (κ1) is 15.2. The van der Waals surface area contributed by atoms with Gasteiger partial charge in [0.25, 0.3) is 0 Å². The number of halogens is 1. The summed E-state index contributed by atoms with van der Waals surface area (Å²) in [6.07, 6.45) is 0. The van der Waals surface area contributed by atoms with Crippen molar-refractivity contribution in [1.29, 1.82) is 0 Å². The summed E-state index contributed by atoms with van der Waals surface area (Å²) in [5.41, 5.74) is 12.6. The Bertz CT molecular complexity index is 732. The Morgan fingerprint density at radius 1 is 1.24 bits per heavy atom. The molecule has 0 aromatic heterocycles. The molecule has 1 unspecified atom stereocenters. The molecule has 1 amide bonds. The number of nitrogen functional groups attached to an aromatic ring is 1. The van der Waals surface area contributed by atoms with Crippen LogP contribution in [0.3, 0.4) is 0 Å². The summed E-state index contributed by atoms with van der Waals surface area (Å²) in [4.78, 5) is 11.6. The molecule has 2 aromatic carbocycles. The summed E-state index contributed by atoms with van der Waals surface area (Å²) in [6.45, 7) is 1.86. The third-order valence-electron chi connectivity index (χ3n) is 3.03. The van der Waals surface area contributed by atoms with Crippen LogP contribution in [0.2, 0.25) is 0 Å². The van der Waals surface area contributed by atoms with Gasteiger partial charge >= 0.3 is 0 Å². The molecule has 0 radical (unpaired) electrons. The predicted octanol–water partition coefficient (Wildman–Crippen LogP) is 2.12. The Balaban J connectivity index is 2.33.